The highest BCUT2D eigenvalue weighted by Crippen LogP contribution is 2.43. The molecular weight excluding hydrogens is 174 g/mol. The lowest BCUT2D eigenvalue weighted by molar-refractivity contribution is 0.0377. The third kappa shape index (κ3) is 2.71. The van der Waals surface area contributed by atoms with Gasteiger partial charge < -0.3 is 10.4 Å². The van der Waals surface area contributed by atoms with Crippen molar-refractivity contribution in [3.8, 4) is 0 Å². The average Bonchev–Trinajstić information content (AvgIpc) is 2.00. The molecule has 1 rings (SSSR count). The second-order valence-electron chi connectivity index (χ2n) is 5.82. The van der Waals surface area contributed by atoms with Crippen molar-refractivity contribution in [1.82, 2.24) is 5.32 Å². The molecule has 1 aliphatic rings. The Balaban J connectivity index is 2.75. The van der Waals surface area contributed by atoms with E-state index in [1.165, 1.54) is 6.42 Å². The summed E-state index contributed by atoms with van der Waals surface area (Å²) in [7, 11) is 0. The molecule has 1 fully saturated rings. The van der Waals surface area contributed by atoms with Crippen LogP contribution < -0.4 is 5.32 Å². The first kappa shape index (κ1) is 12.0. The number of hydrogen-bond donors (Lipinski definition) is 2. The van der Waals surface area contributed by atoms with E-state index >= 15 is 0 Å². The normalized spacial score (nSPS) is 37.1. The molecule has 2 unspecified atom stereocenters. The lowest BCUT2D eigenvalue weighted by atomic mass is 9.64. The fraction of sp³-hybridized carbons (Fsp3) is 1.00. The first-order valence-corrected chi connectivity index (χ1v) is 5.79. The standard InChI is InChI=1S/C12H25NO/c1-5-13-12(9-14)7-10(2)6-11(3,4)8-12/h10,13-14H,5-9H2,1-4H3. The van der Waals surface area contributed by atoms with Gasteiger partial charge in [-0.3, -0.25) is 0 Å². The zero-order valence-electron chi connectivity index (χ0n) is 10.1. The summed E-state index contributed by atoms with van der Waals surface area (Å²) in [4.78, 5) is 0. The molecule has 2 heteroatoms. The van der Waals surface area contributed by atoms with Crippen LogP contribution in [0.2, 0.25) is 0 Å². The maximum atomic E-state index is 9.56. The number of aliphatic hydroxyl groups is 1. The van der Waals surface area contributed by atoms with Gasteiger partial charge in [-0.2, -0.15) is 0 Å². The van der Waals surface area contributed by atoms with Gasteiger partial charge in [-0.15, -0.1) is 0 Å². The van der Waals surface area contributed by atoms with Gasteiger partial charge in [0.25, 0.3) is 0 Å². The SMILES string of the molecule is CCNC1(CO)CC(C)CC(C)(C)C1. The van der Waals surface area contributed by atoms with Crippen LogP contribution in [0.5, 0.6) is 0 Å². The quantitative estimate of drug-likeness (QED) is 0.730. The van der Waals surface area contributed by atoms with Crippen LogP contribution in [-0.4, -0.2) is 23.8 Å². The molecule has 0 amide bonds. The Labute approximate surface area is 88.1 Å². The van der Waals surface area contributed by atoms with Gasteiger partial charge in [-0.1, -0.05) is 27.7 Å². The largest absolute Gasteiger partial charge is 0.394 e. The molecule has 0 aliphatic heterocycles. The van der Waals surface area contributed by atoms with E-state index in [4.69, 9.17) is 0 Å². The van der Waals surface area contributed by atoms with Gasteiger partial charge in [0, 0.05) is 5.54 Å². The smallest absolute Gasteiger partial charge is 0.0613 e. The van der Waals surface area contributed by atoms with E-state index in [-0.39, 0.29) is 12.1 Å². The second kappa shape index (κ2) is 4.19. The van der Waals surface area contributed by atoms with Crippen LogP contribution in [-0.2, 0) is 0 Å². The highest BCUT2D eigenvalue weighted by Gasteiger charge is 2.41. The summed E-state index contributed by atoms with van der Waals surface area (Å²) in [5.41, 5.74) is 0.346. The summed E-state index contributed by atoms with van der Waals surface area (Å²) in [6, 6.07) is 0. The predicted octanol–water partition coefficient (Wildman–Crippen LogP) is 2.17. The molecule has 0 heterocycles. The Morgan fingerprint density at radius 1 is 1.36 bits per heavy atom. The van der Waals surface area contributed by atoms with Gasteiger partial charge in [0.15, 0.2) is 0 Å². The molecule has 0 aromatic rings. The van der Waals surface area contributed by atoms with Crippen LogP contribution in [0.1, 0.15) is 47.0 Å². The lowest BCUT2D eigenvalue weighted by Gasteiger charge is -2.47. The topological polar surface area (TPSA) is 32.3 Å². The van der Waals surface area contributed by atoms with Crippen molar-refractivity contribution in [2.45, 2.75) is 52.5 Å². The van der Waals surface area contributed by atoms with E-state index in [2.05, 4.69) is 33.0 Å². The van der Waals surface area contributed by atoms with Crippen molar-refractivity contribution in [3.63, 3.8) is 0 Å². The molecule has 1 aliphatic carbocycles. The third-order valence-electron chi connectivity index (χ3n) is 3.31. The third-order valence-corrected chi connectivity index (χ3v) is 3.31. The Bertz CT molecular complexity index is 191. The monoisotopic (exact) mass is 199 g/mol. The molecule has 0 saturated heterocycles. The summed E-state index contributed by atoms with van der Waals surface area (Å²) < 4.78 is 0. The molecule has 0 spiro atoms. The van der Waals surface area contributed by atoms with Crippen LogP contribution in [0.3, 0.4) is 0 Å². The number of aliphatic hydroxyl groups excluding tert-OH is 1. The van der Waals surface area contributed by atoms with Crippen LogP contribution >= 0.6 is 0 Å². The van der Waals surface area contributed by atoms with Crippen molar-refractivity contribution in [2.75, 3.05) is 13.2 Å². The van der Waals surface area contributed by atoms with E-state index in [1.807, 2.05) is 0 Å². The van der Waals surface area contributed by atoms with Crippen LogP contribution in [0.15, 0.2) is 0 Å². The van der Waals surface area contributed by atoms with E-state index in [0.29, 0.717) is 11.3 Å². The van der Waals surface area contributed by atoms with Crippen LogP contribution in [0.4, 0.5) is 0 Å². The Hall–Kier alpha value is -0.0800. The predicted molar refractivity (Wildman–Crippen MR) is 60.3 cm³/mol. The van der Waals surface area contributed by atoms with Crippen molar-refractivity contribution in [3.05, 3.63) is 0 Å². The maximum Gasteiger partial charge on any atom is 0.0613 e. The summed E-state index contributed by atoms with van der Waals surface area (Å²) in [6.45, 7) is 10.2. The van der Waals surface area contributed by atoms with Gasteiger partial charge in [0.1, 0.15) is 0 Å². The molecular formula is C12H25NO. The highest BCUT2D eigenvalue weighted by atomic mass is 16.3. The Morgan fingerprint density at radius 2 is 2.00 bits per heavy atom. The fourth-order valence-corrected chi connectivity index (χ4v) is 3.43. The van der Waals surface area contributed by atoms with Gasteiger partial charge >= 0.3 is 0 Å². The maximum absolute atomic E-state index is 9.56. The van der Waals surface area contributed by atoms with E-state index < -0.39 is 0 Å². The first-order chi connectivity index (χ1) is 6.43. The van der Waals surface area contributed by atoms with Crippen molar-refractivity contribution in [2.24, 2.45) is 11.3 Å². The average molecular weight is 199 g/mol. The molecule has 0 radical (unpaired) electrons. The zero-order valence-corrected chi connectivity index (χ0v) is 10.1. The number of nitrogens with one attached hydrogen (secondary N) is 1. The van der Waals surface area contributed by atoms with E-state index in [9.17, 15) is 5.11 Å². The van der Waals surface area contributed by atoms with Gasteiger partial charge in [-0.25, -0.2) is 0 Å². The van der Waals surface area contributed by atoms with E-state index in [1.54, 1.807) is 0 Å². The Morgan fingerprint density at radius 3 is 2.43 bits per heavy atom. The van der Waals surface area contributed by atoms with Gasteiger partial charge in [-0.05, 0) is 37.1 Å². The number of hydrogen-bond acceptors (Lipinski definition) is 2. The summed E-state index contributed by atoms with van der Waals surface area (Å²) in [5.74, 6) is 0.713. The number of likely N-dealkylation sites (N-methyl/N-ethyl adjacent to an activating group) is 1. The van der Waals surface area contributed by atoms with Crippen molar-refractivity contribution >= 4 is 0 Å². The van der Waals surface area contributed by atoms with Crippen molar-refractivity contribution < 1.29 is 5.11 Å². The van der Waals surface area contributed by atoms with Gasteiger partial charge in [0.05, 0.1) is 6.61 Å². The molecule has 2 nitrogen and oxygen atoms in total. The minimum atomic E-state index is -0.0179. The molecule has 0 bridgehead atoms. The summed E-state index contributed by atoms with van der Waals surface area (Å²) in [5, 5.41) is 13.0. The highest BCUT2D eigenvalue weighted by molar-refractivity contribution is 4.98. The molecule has 14 heavy (non-hydrogen) atoms. The molecule has 0 aromatic carbocycles. The molecule has 84 valence electrons. The zero-order chi connectivity index (χ0) is 10.8. The number of rotatable bonds is 3. The Kier molecular flexibility index (Phi) is 3.59. The molecule has 2 atom stereocenters. The minimum absolute atomic E-state index is 0.0179. The molecule has 1 saturated carbocycles. The summed E-state index contributed by atoms with van der Waals surface area (Å²) >= 11 is 0. The van der Waals surface area contributed by atoms with Crippen molar-refractivity contribution in [1.29, 1.82) is 0 Å². The lowest BCUT2D eigenvalue weighted by Crippen LogP contribution is -2.55. The minimum Gasteiger partial charge on any atom is -0.394 e. The van der Waals surface area contributed by atoms with Crippen LogP contribution in [0, 0.1) is 11.3 Å². The molecule has 0 aromatic heterocycles. The van der Waals surface area contributed by atoms with Gasteiger partial charge in [0.2, 0.25) is 0 Å². The van der Waals surface area contributed by atoms with E-state index in [0.717, 1.165) is 19.4 Å². The second-order valence-corrected chi connectivity index (χ2v) is 5.82. The first-order valence-electron chi connectivity index (χ1n) is 5.79. The van der Waals surface area contributed by atoms with Crippen LogP contribution in [0.25, 0.3) is 0 Å². The summed E-state index contributed by atoms with van der Waals surface area (Å²) in [6.07, 6.45) is 3.48. The molecule has 2 N–H and O–H groups in total. The fourth-order valence-electron chi connectivity index (χ4n) is 3.43.